The Hall–Kier alpha value is -2.67. The van der Waals surface area contributed by atoms with Gasteiger partial charge in [-0.05, 0) is 12.5 Å². The smallest absolute Gasteiger partial charge is 0.321 e. The number of benzene rings is 1. The van der Waals surface area contributed by atoms with E-state index in [-0.39, 0.29) is 6.03 Å². The van der Waals surface area contributed by atoms with Crippen LogP contribution in [0.3, 0.4) is 0 Å². The molecule has 6 nitrogen and oxygen atoms in total. The highest BCUT2D eigenvalue weighted by Crippen LogP contribution is 2.13. The van der Waals surface area contributed by atoms with Crippen LogP contribution in [-0.4, -0.2) is 32.7 Å². The van der Waals surface area contributed by atoms with Crippen molar-refractivity contribution >= 4 is 23.1 Å². The zero-order valence-electron chi connectivity index (χ0n) is 13.6. The molecular formula is C17H19N5OS. The molecule has 7 heteroatoms. The molecule has 0 bridgehead atoms. The first kappa shape index (κ1) is 16.2. The largest absolute Gasteiger partial charge is 0.322 e. The van der Waals surface area contributed by atoms with Crippen molar-refractivity contribution in [3.05, 3.63) is 64.4 Å². The summed E-state index contributed by atoms with van der Waals surface area (Å²) in [5.41, 5.74) is 2.82. The Kier molecular flexibility index (Phi) is 4.90. The molecule has 2 heterocycles. The fraction of sp³-hybridized carbons (Fsp3) is 0.235. The molecule has 0 saturated carbocycles. The maximum Gasteiger partial charge on any atom is 0.322 e. The van der Waals surface area contributed by atoms with Gasteiger partial charge in [0, 0.05) is 24.3 Å². The Morgan fingerprint density at radius 1 is 1.33 bits per heavy atom. The Balaban J connectivity index is 1.56. The molecular weight excluding hydrogens is 322 g/mol. The minimum atomic E-state index is -0.179. The molecule has 0 aliphatic carbocycles. The number of urea groups is 1. The van der Waals surface area contributed by atoms with Crippen LogP contribution in [0.15, 0.2) is 48.1 Å². The molecule has 0 fully saturated rings. The average molecular weight is 341 g/mol. The number of hydrogen-bond donors (Lipinski definition) is 1. The molecule has 2 aromatic heterocycles. The molecule has 2 amide bonds. The van der Waals surface area contributed by atoms with Crippen LogP contribution < -0.4 is 5.32 Å². The van der Waals surface area contributed by atoms with E-state index in [9.17, 15) is 4.79 Å². The number of nitrogens with zero attached hydrogens (tertiary/aromatic N) is 4. The summed E-state index contributed by atoms with van der Waals surface area (Å²) in [5, 5.41) is 10.0. The lowest BCUT2D eigenvalue weighted by atomic mass is 10.2. The maximum atomic E-state index is 12.2. The van der Waals surface area contributed by atoms with Crippen LogP contribution in [0, 0.1) is 6.92 Å². The number of rotatable bonds is 5. The molecule has 0 spiro atoms. The summed E-state index contributed by atoms with van der Waals surface area (Å²) in [6.45, 7) is 3.11. The van der Waals surface area contributed by atoms with Gasteiger partial charge < -0.3 is 10.2 Å². The van der Waals surface area contributed by atoms with Crippen molar-refractivity contribution in [2.75, 3.05) is 12.4 Å². The highest BCUT2D eigenvalue weighted by Gasteiger charge is 2.12. The van der Waals surface area contributed by atoms with Crippen LogP contribution in [0.1, 0.15) is 16.3 Å². The third kappa shape index (κ3) is 4.20. The van der Waals surface area contributed by atoms with Crippen molar-refractivity contribution < 1.29 is 4.79 Å². The second-order valence-corrected chi connectivity index (χ2v) is 6.52. The second kappa shape index (κ2) is 7.27. The van der Waals surface area contributed by atoms with Crippen molar-refractivity contribution in [3.8, 4) is 0 Å². The number of hydrogen-bond acceptors (Lipinski definition) is 4. The zero-order valence-corrected chi connectivity index (χ0v) is 14.5. The maximum absolute atomic E-state index is 12.2. The summed E-state index contributed by atoms with van der Waals surface area (Å²) in [6, 6.07) is 9.89. The first-order valence-corrected chi connectivity index (χ1v) is 8.47. The van der Waals surface area contributed by atoms with Gasteiger partial charge in [-0.3, -0.25) is 4.68 Å². The Morgan fingerprint density at radius 3 is 2.83 bits per heavy atom. The van der Waals surface area contributed by atoms with Crippen LogP contribution in [0.5, 0.6) is 0 Å². The number of aromatic nitrogens is 3. The van der Waals surface area contributed by atoms with E-state index in [4.69, 9.17) is 0 Å². The normalized spacial score (nSPS) is 10.6. The second-order valence-electron chi connectivity index (χ2n) is 5.58. The van der Waals surface area contributed by atoms with Gasteiger partial charge in [-0.2, -0.15) is 5.10 Å². The molecule has 24 heavy (non-hydrogen) atoms. The van der Waals surface area contributed by atoms with Crippen molar-refractivity contribution in [1.82, 2.24) is 19.7 Å². The summed E-state index contributed by atoms with van der Waals surface area (Å²) < 4.78 is 1.80. The average Bonchev–Trinajstić information content (AvgIpc) is 3.17. The quantitative estimate of drug-likeness (QED) is 0.774. The first-order chi connectivity index (χ1) is 11.6. The van der Waals surface area contributed by atoms with Crippen molar-refractivity contribution in [3.63, 3.8) is 0 Å². The van der Waals surface area contributed by atoms with E-state index in [0.717, 1.165) is 16.3 Å². The van der Waals surface area contributed by atoms with Gasteiger partial charge in [-0.1, -0.05) is 30.3 Å². The number of thiazole rings is 1. The van der Waals surface area contributed by atoms with Gasteiger partial charge in [-0.25, -0.2) is 9.78 Å². The van der Waals surface area contributed by atoms with Crippen LogP contribution in [0.2, 0.25) is 0 Å². The van der Waals surface area contributed by atoms with E-state index in [1.54, 1.807) is 34.2 Å². The number of nitrogens with one attached hydrogen (secondary N) is 1. The molecule has 0 unspecified atom stereocenters. The Bertz CT molecular complexity index is 811. The lowest BCUT2D eigenvalue weighted by Gasteiger charge is -2.15. The minimum absolute atomic E-state index is 0.179. The number of anilines is 1. The molecule has 124 valence electrons. The topological polar surface area (TPSA) is 63.1 Å². The van der Waals surface area contributed by atoms with E-state index in [2.05, 4.69) is 15.4 Å². The van der Waals surface area contributed by atoms with Crippen LogP contribution >= 0.6 is 11.3 Å². The summed E-state index contributed by atoms with van der Waals surface area (Å²) >= 11 is 1.56. The van der Waals surface area contributed by atoms with Gasteiger partial charge in [0.15, 0.2) is 0 Å². The highest BCUT2D eigenvalue weighted by atomic mass is 32.1. The number of aryl methyl sites for hydroxylation is 1. The van der Waals surface area contributed by atoms with E-state index >= 15 is 0 Å². The van der Waals surface area contributed by atoms with Crippen LogP contribution in [0.25, 0.3) is 0 Å². The molecule has 1 aromatic carbocycles. The molecule has 1 N–H and O–H groups in total. The van der Waals surface area contributed by atoms with Gasteiger partial charge >= 0.3 is 6.03 Å². The van der Waals surface area contributed by atoms with Crippen molar-refractivity contribution in [1.29, 1.82) is 0 Å². The van der Waals surface area contributed by atoms with Gasteiger partial charge in [0.2, 0.25) is 0 Å². The molecule has 0 aliphatic heterocycles. The predicted octanol–water partition coefficient (Wildman–Crippen LogP) is 3.36. The van der Waals surface area contributed by atoms with Gasteiger partial charge in [0.25, 0.3) is 0 Å². The summed E-state index contributed by atoms with van der Waals surface area (Å²) in [4.78, 5) is 18.2. The highest BCUT2D eigenvalue weighted by molar-refractivity contribution is 7.09. The molecule has 0 saturated heterocycles. The molecule has 3 rings (SSSR count). The van der Waals surface area contributed by atoms with Crippen LogP contribution in [-0.2, 0) is 13.1 Å². The van der Waals surface area contributed by atoms with Crippen molar-refractivity contribution in [2.45, 2.75) is 20.0 Å². The van der Waals surface area contributed by atoms with E-state index in [1.165, 1.54) is 0 Å². The predicted molar refractivity (Wildman–Crippen MR) is 95.1 cm³/mol. The van der Waals surface area contributed by atoms with Gasteiger partial charge in [-0.15, -0.1) is 11.3 Å². The van der Waals surface area contributed by atoms with E-state index in [0.29, 0.717) is 18.8 Å². The third-order valence-electron chi connectivity index (χ3n) is 3.46. The van der Waals surface area contributed by atoms with Crippen LogP contribution in [0.4, 0.5) is 10.5 Å². The molecule has 0 atom stereocenters. The zero-order chi connectivity index (χ0) is 16.9. The molecule has 0 aliphatic rings. The lowest BCUT2D eigenvalue weighted by Crippen LogP contribution is -2.30. The summed E-state index contributed by atoms with van der Waals surface area (Å²) in [7, 11) is 1.75. The minimum Gasteiger partial charge on any atom is -0.321 e. The molecule has 0 radical (unpaired) electrons. The standard InChI is InChI=1S/C17H19N5OS/c1-13-12-24-16(19-13)11-21(2)17(23)20-15-8-18-22(10-15)9-14-6-4-3-5-7-14/h3-8,10,12H,9,11H2,1-2H3,(H,20,23). The van der Waals surface area contributed by atoms with Gasteiger partial charge in [0.05, 0.1) is 25.0 Å². The van der Waals surface area contributed by atoms with E-state index in [1.807, 2.05) is 48.8 Å². The third-order valence-corrected chi connectivity index (χ3v) is 4.41. The summed E-state index contributed by atoms with van der Waals surface area (Å²) in [5.74, 6) is 0. The first-order valence-electron chi connectivity index (χ1n) is 7.59. The fourth-order valence-electron chi connectivity index (χ4n) is 2.25. The Morgan fingerprint density at radius 2 is 2.12 bits per heavy atom. The lowest BCUT2D eigenvalue weighted by molar-refractivity contribution is 0.220. The number of carbonyl (C=O) groups is 1. The monoisotopic (exact) mass is 341 g/mol. The summed E-state index contributed by atoms with van der Waals surface area (Å²) in [6.07, 6.45) is 3.48. The molecule has 3 aromatic rings. The Labute approximate surface area is 144 Å². The van der Waals surface area contributed by atoms with E-state index < -0.39 is 0 Å². The fourth-order valence-corrected chi connectivity index (χ4v) is 3.08. The number of carbonyl (C=O) groups excluding carboxylic acids is 1. The van der Waals surface area contributed by atoms with Gasteiger partial charge in [0.1, 0.15) is 5.01 Å². The van der Waals surface area contributed by atoms with Crippen molar-refractivity contribution in [2.24, 2.45) is 0 Å². The SMILES string of the molecule is Cc1csc(CN(C)C(=O)Nc2cnn(Cc3ccccc3)c2)n1. The number of amides is 2.